The van der Waals surface area contributed by atoms with Gasteiger partial charge in [-0.2, -0.15) is 0 Å². The second kappa shape index (κ2) is 7.00. The summed E-state index contributed by atoms with van der Waals surface area (Å²) in [5.41, 5.74) is 0. The quantitative estimate of drug-likeness (QED) is 0.693. The molecule has 3 saturated heterocycles. The predicted molar refractivity (Wildman–Crippen MR) is 95.1 cm³/mol. The number of amides is 2. The molecule has 3 aliphatic heterocycles. The first-order valence-electron chi connectivity index (χ1n) is 10.1. The molecule has 2 amide bonds. The fraction of sp³-hybridized carbons (Fsp3) is 0.895. The van der Waals surface area contributed by atoms with E-state index in [1.807, 2.05) is 18.7 Å². The van der Waals surface area contributed by atoms with Crippen molar-refractivity contribution in [2.24, 2.45) is 23.7 Å². The Morgan fingerprint density at radius 3 is 2.38 bits per heavy atom. The molecule has 146 valence electrons. The van der Waals surface area contributed by atoms with Crippen molar-refractivity contribution in [2.45, 2.75) is 45.2 Å². The Kier molecular flexibility index (Phi) is 4.86. The number of piperidine rings is 3. The SMILES string of the molecule is CCOC(=O)N1CC2CCC1CC2N1C[C@@H]2C(C(=O)N(CC)OC)[C@@H]2C1. The van der Waals surface area contributed by atoms with E-state index in [-0.39, 0.29) is 17.9 Å². The second-order valence-electron chi connectivity index (χ2n) is 8.17. The molecule has 0 N–H and O–H groups in total. The number of carbonyl (C=O) groups is 2. The molecule has 0 aromatic rings. The van der Waals surface area contributed by atoms with E-state index >= 15 is 0 Å². The lowest BCUT2D eigenvalue weighted by Gasteiger charge is -2.51. The van der Waals surface area contributed by atoms with Gasteiger partial charge in [-0.25, -0.2) is 9.86 Å². The smallest absolute Gasteiger partial charge is 0.410 e. The summed E-state index contributed by atoms with van der Waals surface area (Å²) in [5, 5.41) is 1.49. The number of carbonyl (C=O) groups excluding carboxylic acids is 2. The van der Waals surface area contributed by atoms with Gasteiger partial charge in [0.05, 0.1) is 13.7 Å². The molecule has 4 unspecified atom stereocenters. The highest BCUT2D eigenvalue weighted by Gasteiger charge is 2.62. The monoisotopic (exact) mass is 365 g/mol. The Balaban J connectivity index is 1.32. The molecule has 5 aliphatic rings. The summed E-state index contributed by atoms with van der Waals surface area (Å²) >= 11 is 0. The summed E-state index contributed by atoms with van der Waals surface area (Å²) in [6, 6.07) is 0.884. The minimum absolute atomic E-state index is 0.144. The average molecular weight is 365 g/mol. The van der Waals surface area contributed by atoms with Crippen molar-refractivity contribution in [1.82, 2.24) is 14.9 Å². The lowest BCUT2D eigenvalue weighted by molar-refractivity contribution is -0.177. The van der Waals surface area contributed by atoms with Gasteiger partial charge in [-0.3, -0.25) is 14.5 Å². The zero-order valence-corrected chi connectivity index (χ0v) is 16.1. The van der Waals surface area contributed by atoms with E-state index in [9.17, 15) is 9.59 Å². The van der Waals surface area contributed by atoms with Gasteiger partial charge in [0.15, 0.2) is 0 Å². The van der Waals surface area contributed by atoms with E-state index in [0.29, 0.717) is 43.0 Å². The first-order valence-corrected chi connectivity index (χ1v) is 10.1. The van der Waals surface area contributed by atoms with Crippen molar-refractivity contribution < 1.29 is 19.2 Å². The van der Waals surface area contributed by atoms with Crippen LogP contribution in [-0.2, 0) is 14.4 Å². The van der Waals surface area contributed by atoms with E-state index in [1.165, 1.54) is 11.5 Å². The summed E-state index contributed by atoms with van der Waals surface area (Å²) in [6.07, 6.45) is 3.21. The van der Waals surface area contributed by atoms with Crippen molar-refractivity contribution in [3.05, 3.63) is 0 Å². The molecule has 6 atom stereocenters. The van der Waals surface area contributed by atoms with E-state index in [1.54, 1.807) is 7.11 Å². The third-order valence-electron chi connectivity index (χ3n) is 7.03. The molecule has 7 heteroatoms. The average Bonchev–Trinajstić information content (AvgIpc) is 3.16. The van der Waals surface area contributed by atoms with Crippen LogP contribution in [0.5, 0.6) is 0 Å². The zero-order valence-electron chi connectivity index (χ0n) is 16.1. The number of nitrogens with zero attached hydrogens (tertiary/aromatic N) is 3. The van der Waals surface area contributed by atoms with Crippen molar-refractivity contribution in [3.63, 3.8) is 0 Å². The van der Waals surface area contributed by atoms with Crippen LogP contribution in [0.4, 0.5) is 4.79 Å². The fourth-order valence-corrected chi connectivity index (χ4v) is 5.70. The van der Waals surface area contributed by atoms with Crippen LogP contribution < -0.4 is 0 Å². The molecule has 0 aromatic heterocycles. The van der Waals surface area contributed by atoms with Gasteiger partial charge in [-0.05, 0) is 50.9 Å². The van der Waals surface area contributed by atoms with Crippen molar-refractivity contribution >= 4 is 12.0 Å². The standard InChI is InChI=1S/C19H31N3O4/c1-4-22(25-3)18(23)17-14-10-20(11-15(14)17)16-8-13-7-6-12(16)9-21(13)19(24)26-5-2/h12-17H,4-11H2,1-3H3/t12?,13?,14-,15+,16?,17?. The molecular weight excluding hydrogens is 334 g/mol. The third-order valence-corrected chi connectivity index (χ3v) is 7.03. The van der Waals surface area contributed by atoms with Crippen molar-refractivity contribution in [1.29, 1.82) is 0 Å². The van der Waals surface area contributed by atoms with Crippen LogP contribution in [0, 0.1) is 23.7 Å². The van der Waals surface area contributed by atoms with Gasteiger partial charge in [-0.15, -0.1) is 0 Å². The first-order chi connectivity index (χ1) is 12.6. The lowest BCUT2D eigenvalue weighted by Crippen LogP contribution is -2.60. The van der Waals surface area contributed by atoms with Crippen LogP contribution in [-0.4, -0.2) is 78.8 Å². The number of hydrogen-bond donors (Lipinski definition) is 0. The van der Waals surface area contributed by atoms with E-state index < -0.39 is 0 Å². The van der Waals surface area contributed by atoms with E-state index in [0.717, 1.165) is 32.5 Å². The minimum atomic E-state index is -0.144. The Bertz CT molecular complexity index is 555. The third kappa shape index (κ3) is 2.89. The van der Waals surface area contributed by atoms with E-state index in [2.05, 4.69) is 4.90 Å². The molecular formula is C19H31N3O4. The molecule has 0 spiro atoms. The molecule has 2 bridgehead atoms. The van der Waals surface area contributed by atoms with E-state index in [4.69, 9.17) is 9.57 Å². The minimum Gasteiger partial charge on any atom is -0.450 e. The van der Waals surface area contributed by atoms with Crippen LogP contribution in [0.25, 0.3) is 0 Å². The molecule has 3 heterocycles. The van der Waals surface area contributed by atoms with Gasteiger partial charge < -0.3 is 9.64 Å². The van der Waals surface area contributed by atoms with Gasteiger partial charge in [0.2, 0.25) is 5.91 Å². The van der Waals surface area contributed by atoms with Crippen LogP contribution in [0.15, 0.2) is 0 Å². The molecule has 5 rings (SSSR count). The Labute approximate surface area is 155 Å². The van der Waals surface area contributed by atoms with Crippen molar-refractivity contribution in [2.75, 3.05) is 39.9 Å². The van der Waals surface area contributed by atoms with Gasteiger partial charge in [-0.1, -0.05) is 0 Å². The maximum Gasteiger partial charge on any atom is 0.410 e. The fourth-order valence-electron chi connectivity index (χ4n) is 5.70. The zero-order chi connectivity index (χ0) is 18.4. The lowest BCUT2D eigenvalue weighted by atomic mass is 9.75. The first kappa shape index (κ1) is 18.0. The number of fused-ring (bicyclic) bond motifs is 4. The van der Waals surface area contributed by atoms with Crippen LogP contribution in [0.3, 0.4) is 0 Å². The molecule has 0 radical (unpaired) electrons. The molecule has 26 heavy (non-hydrogen) atoms. The summed E-state index contributed by atoms with van der Waals surface area (Å²) in [7, 11) is 1.57. The molecule has 7 nitrogen and oxygen atoms in total. The van der Waals surface area contributed by atoms with Gasteiger partial charge in [0, 0.05) is 44.2 Å². The Hall–Kier alpha value is -1.34. The summed E-state index contributed by atoms with van der Waals surface area (Å²) in [4.78, 5) is 34.4. The summed E-state index contributed by atoms with van der Waals surface area (Å²) in [6.45, 7) is 7.73. The van der Waals surface area contributed by atoms with Gasteiger partial charge >= 0.3 is 6.09 Å². The summed E-state index contributed by atoms with van der Waals surface area (Å²) < 4.78 is 5.22. The molecule has 5 fully saturated rings. The highest BCUT2D eigenvalue weighted by Crippen LogP contribution is 2.54. The Morgan fingerprint density at radius 1 is 1.12 bits per heavy atom. The largest absolute Gasteiger partial charge is 0.450 e. The molecule has 2 aliphatic carbocycles. The highest BCUT2D eigenvalue weighted by atomic mass is 16.7. The number of hydrogen-bond acceptors (Lipinski definition) is 5. The van der Waals surface area contributed by atoms with Crippen LogP contribution in [0.1, 0.15) is 33.1 Å². The van der Waals surface area contributed by atoms with Crippen LogP contribution in [0.2, 0.25) is 0 Å². The molecule has 0 aromatic carbocycles. The maximum absolute atomic E-state index is 12.5. The normalized spacial score (nSPS) is 38.2. The summed E-state index contributed by atoms with van der Waals surface area (Å²) in [5.74, 6) is 1.84. The van der Waals surface area contributed by atoms with Crippen molar-refractivity contribution in [3.8, 4) is 0 Å². The van der Waals surface area contributed by atoms with Gasteiger partial charge in [0.1, 0.15) is 0 Å². The number of likely N-dealkylation sites (tertiary alicyclic amines) is 1. The topological polar surface area (TPSA) is 62.3 Å². The number of rotatable bonds is 5. The van der Waals surface area contributed by atoms with Crippen LogP contribution >= 0.6 is 0 Å². The predicted octanol–water partition coefficient (Wildman–Crippen LogP) is 1.58. The second-order valence-corrected chi connectivity index (χ2v) is 8.17. The molecule has 2 saturated carbocycles. The number of ether oxygens (including phenoxy) is 1. The highest BCUT2D eigenvalue weighted by molar-refractivity contribution is 5.81. The van der Waals surface area contributed by atoms with Gasteiger partial charge in [0.25, 0.3) is 0 Å². The number of hydroxylamine groups is 2. The Morgan fingerprint density at radius 2 is 1.85 bits per heavy atom. The maximum atomic E-state index is 12.5.